The molecule has 2 heterocycles. The number of likely N-dealkylation sites (tertiary alicyclic amines) is 1. The van der Waals surface area contributed by atoms with Crippen LogP contribution in [0.1, 0.15) is 51.4 Å². The predicted molar refractivity (Wildman–Crippen MR) is 95.0 cm³/mol. The molecule has 0 bridgehead atoms. The third-order valence-corrected chi connectivity index (χ3v) is 4.97. The summed E-state index contributed by atoms with van der Waals surface area (Å²) < 4.78 is 5.84. The molecular formula is C17H27N5O3. The highest BCUT2D eigenvalue weighted by atomic mass is 16.6. The number of ether oxygens (including phenoxy) is 1. The van der Waals surface area contributed by atoms with Gasteiger partial charge in [-0.1, -0.05) is 12.8 Å². The highest BCUT2D eigenvalue weighted by Crippen LogP contribution is 2.33. The molecule has 138 valence electrons. The third-order valence-electron chi connectivity index (χ3n) is 4.97. The van der Waals surface area contributed by atoms with Crippen LogP contribution in [0.25, 0.3) is 0 Å². The van der Waals surface area contributed by atoms with Gasteiger partial charge in [-0.2, -0.15) is 4.98 Å². The van der Waals surface area contributed by atoms with Gasteiger partial charge in [0.2, 0.25) is 5.82 Å². The van der Waals surface area contributed by atoms with Crippen LogP contribution in [0.2, 0.25) is 0 Å². The van der Waals surface area contributed by atoms with E-state index in [0.29, 0.717) is 6.54 Å². The molecule has 1 aliphatic heterocycles. The molecule has 1 N–H and O–H groups in total. The zero-order chi connectivity index (χ0) is 17.5. The first-order valence-electron chi connectivity index (χ1n) is 9.36. The van der Waals surface area contributed by atoms with Gasteiger partial charge in [-0.25, -0.2) is 4.98 Å². The number of nitro groups is 1. The van der Waals surface area contributed by atoms with Crippen molar-refractivity contribution in [3.63, 3.8) is 0 Å². The average molecular weight is 349 g/mol. The van der Waals surface area contributed by atoms with Gasteiger partial charge in [-0.05, 0) is 51.6 Å². The van der Waals surface area contributed by atoms with Crippen LogP contribution in [0.3, 0.4) is 0 Å². The van der Waals surface area contributed by atoms with E-state index in [-0.39, 0.29) is 23.5 Å². The quantitative estimate of drug-likeness (QED) is 0.597. The molecule has 8 nitrogen and oxygen atoms in total. The number of anilines is 1. The fraction of sp³-hybridized carbons (Fsp3) is 0.765. The first kappa shape index (κ1) is 17.8. The first-order valence-corrected chi connectivity index (χ1v) is 9.36. The lowest BCUT2D eigenvalue weighted by atomic mass is 9.98. The van der Waals surface area contributed by atoms with E-state index in [4.69, 9.17) is 4.74 Å². The summed E-state index contributed by atoms with van der Waals surface area (Å²) in [5.74, 6) is 0.343. The molecule has 3 rings (SSSR count). The molecule has 0 aromatic carbocycles. The van der Waals surface area contributed by atoms with Crippen molar-refractivity contribution in [1.29, 1.82) is 0 Å². The molecule has 0 spiro atoms. The number of piperidine rings is 1. The summed E-state index contributed by atoms with van der Waals surface area (Å²) in [5.41, 5.74) is -0.147. The Morgan fingerprint density at radius 1 is 1.16 bits per heavy atom. The Labute approximate surface area is 148 Å². The number of aromatic nitrogens is 2. The van der Waals surface area contributed by atoms with Crippen LogP contribution in [-0.4, -0.2) is 52.1 Å². The number of hydrogen-bond acceptors (Lipinski definition) is 7. The second-order valence-electron chi connectivity index (χ2n) is 6.84. The molecular weight excluding hydrogens is 322 g/mol. The number of hydrogen-bond donors (Lipinski definition) is 1. The molecule has 2 fully saturated rings. The third kappa shape index (κ3) is 5.01. The van der Waals surface area contributed by atoms with E-state index in [1.807, 2.05) is 0 Å². The van der Waals surface area contributed by atoms with Crippen LogP contribution in [0.15, 0.2) is 6.33 Å². The first-order chi connectivity index (χ1) is 12.2. The second-order valence-corrected chi connectivity index (χ2v) is 6.84. The Hall–Kier alpha value is -1.96. The largest absolute Gasteiger partial charge is 0.469 e. The molecule has 1 aliphatic carbocycles. The van der Waals surface area contributed by atoms with Gasteiger partial charge in [-0.3, -0.25) is 10.1 Å². The number of nitrogens with zero attached hydrogens (tertiary/aromatic N) is 4. The normalized spacial score (nSPS) is 19.5. The van der Waals surface area contributed by atoms with E-state index in [2.05, 4.69) is 20.2 Å². The molecule has 2 aliphatic rings. The molecule has 1 saturated carbocycles. The van der Waals surface area contributed by atoms with Crippen molar-refractivity contribution in [2.24, 2.45) is 0 Å². The second kappa shape index (κ2) is 8.94. The minimum Gasteiger partial charge on any atom is -0.469 e. The van der Waals surface area contributed by atoms with Crippen molar-refractivity contribution in [2.75, 3.05) is 31.5 Å². The highest BCUT2D eigenvalue weighted by molar-refractivity contribution is 5.61. The van der Waals surface area contributed by atoms with E-state index >= 15 is 0 Å². The van der Waals surface area contributed by atoms with Gasteiger partial charge >= 0.3 is 5.69 Å². The molecule has 0 unspecified atom stereocenters. The summed E-state index contributed by atoms with van der Waals surface area (Å²) in [5, 5.41) is 14.6. The molecule has 1 aromatic rings. The van der Waals surface area contributed by atoms with Gasteiger partial charge in [0.25, 0.3) is 5.88 Å². The van der Waals surface area contributed by atoms with Gasteiger partial charge in [0.1, 0.15) is 12.4 Å². The van der Waals surface area contributed by atoms with Crippen molar-refractivity contribution >= 4 is 11.5 Å². The minimum absolute atomic E-state index is 0.0172. The maximum atomic E-state index is 11.5. The zero-order valence-corrected chi connectivity index (χ0v) is 14.7. The van der Waals surface area contributed by atoms with Gasteiger partial charge in [0.05, 0.1) is 4.92 Å². The molecule has 0 atom stereocenters. The molecule has 1 saturated heterocycles. The highest BCUT2D eigenvalue weighted by Gasteiger charge is 2.27. The summed E-state index contributed by atoms with van der Waals surface area (Å²) in [7, 11) is 0. The maximum Gasteiger partial charge on any atom is 0.372 e. The Balaban J connectivity index is 1.63. The summed E-state index contributed by atoms with van der Waals surface area (Å²) in [6, 6.07) is 0. The van der Waals surface area contributed by atoms with E-state index in [9.17, 15) is 10.1 Å². The monoisotopic (exact) mass is 349 g/mol. The molecule has 1 aromatic heterocycles. The van der Waals surface area contributed by atoms with Crippen LogP contribution in [-0.2, 0) is 0 Å². The van der Waals surface area contributed by atoms with E-state index in [1.165, 1.54) is 32.0 Å². The molecule has 0 amide bonds. The van der Waals surface area contributed by atoms with Gasteiger partial charge in [0.15, 0.2) is 0 Å². The summed E-state index contributed by atoms with van der Waals surface area (Å²) in [6.07, 6.45) is 10.4. The Morgan fingerprint density at radius 3 is 2.60 bits per heavy atom. The standard InChI is InChI=1S/C17H27N5O3/c23-22(24)15-16(18-9-12-21-10-5-2-6-11-21)19-13-20-17(15)25-14-7-3-1-4-8-14/h13-14H,1-12H2,(H,18,19,20). The lowest BCUT2D eigenvalue weighted by Crippen LogP contribution is -2.33. The number of nitrogens with one attached hydrogen (secondary N) is 1. The summed E-state index contributed by atoms with van der Waals surface area (Å²) in [6.45, 7) is 3.69. The van der Waals surface area contributed by atoms with Crippen molar-refractivity contribution < 1.29 is 9.66 Å². The van der Waals surface area contributed by atoms with Crippen LogP contribution in [0.4, 0.5) is 11.5 Å². The topological polar surface area (TPSA) is 93.4 Å². The Morgan fingerprint density at radius 2 is 1.88 bits per heavy atom. The van der Waals surface area contributed by atoms with Crippen LogP contribution < -0.4 is 10.1 Å². The SMILES string of the molecule is O=[N+]([O-])c1c(NCCN2CCCCC2)ncnc1OC1CCCCC1. The lowest BCUT2D eigenvalue weighted by Gasteiger charge is -2.26. The van der Waals surface area contributed by atoms with Crippen LogP contribution in [0.5, 0.6) is 5.88 Å². The van der Waals surface area contributed by atoms with Crippen LogP contribution >= 0.6 is 0 Å². The van der Waals surface area contributed by atoms with Crippen molar-refractivity contribution in [3.05, 3.63) is 16.4 Å². The summed E-state index contributed by atoms with van der Waals surface area (Å²) >= 11 is 0. The average Bonchev–Trinajstić information content (AvgIpc) is 2.63. The van der Waals surface area contributed by atoms with E-state index < -0.39 is 4.92 Å². The molecule has 8 heteroatoms. The lowest BCUT2D eigenvalue weighted by molar-refractivity contribution is -0.385. The van der Waals surface area contributed by atoms with Crippen LogP contribution in [0, 0.1) is 10.1 Å². The Bertz CT molecular complexity index is 571. The van der Waals surface area contributed by atoms with Crippen molar-refractivity contribution in [2.45, 2.75) is 57.5 Å². The smallest absolute Gasteiger partial charge is 0.372 e. The van der Waals surface area contributed by atoms with Crippen molar-refractivity contribution in [1.82, 2.24) is 14.9 Å². The maximum absolute atomic E-state index is 11.5. The van der Waals surface area contributed by atoms with E-state index in [1.54, 1.807) is 0 Å². The zero-order valence-electron chi connectivity index (χ0n) is 14.7. The fourth-order valence-corrected chi connectivity index (χ4v) is 3.60. The number of rotatable bonds is 7. The predicted octanol–water partition coefficient (Wildman–Crippen LogP) is 2.99. The molecule has 0 radical (unpaired) electrons. The minimum atomic E-state index is -0.443. The van der Waals surface area contributed by atoms with Crippen molar-refractivity contribution in [3.8, 4) is 5.88 Å². The van der Waals surface area contributed by atoms with Gasteiger partial charge in [-0.15, -0.1) is 0 Å². The molecule has 25 heavy (non-hydrogen) atoms. The summed E-state index contributed by atoms with van der Waals surface area (Å²) in [4.78, 5) is 21.6. The van der Waals surface area contributed by atoms with Gasteiger partial charge < -0.3 is 15.0 Å². The van der Waals surface area contributed by atoms with E-state index in [0.717, 1.165) is 45.3 Å². The fourth-order valence-electron chi connectivity index (χ4n) is 3.60. The Kier molecular flexibility index (Phi) is 6.38. The van der Waals surface area contributed by atoms with Gasteiger partial charge in [0, 0.05) is 13.1 Å².